The molecule has 4 atom stereocenters. The lowest BCUT2D eigenvalue weighted by Gasteiger charge is -2.38. The highest BCUT2D eigenvalue weighted by molar-refractivity contribution is 6.22. The van der Waals surface area contributed by atoms with Crippen LogP contribution in [-0.4, -0.2) is 11.8 Å². The summed E-state index contributed by atoms with van der Waals surface area (Å²) >= 11 is 0. The maximum atomic E-state index is 12.8. The van der Waals surface area contributed by atoms with Crippen LogP contribution in [0.5, 0.6) is 0 Å². The van der Waals surface area contributed by atoms with Gasteiger partial charge < -0.3 is 0 Å². The van der Waals surface area contributed by atoms with E-state index in [-0.39, 0.29) is 35.5 Å². The number of benzene rings is 1. The molecule has 1 saturated carbocycles. The molecular weight excluding hydrogens is 262 g/mol. The molecule has 1 saturated heterocycles. The molecule has 0 radical (unpaired) electrons. The Morgan fingerprint density at radius 1 is 0.952 bits per heavy atom. The van der Waals surface area contributed by atoms with Crippen LogP contribution in [0.2, 0.25) is 0 Å². The number of rotatable bonds is 2. The largest absolute Gasteiger partial charge is 0.274 e. The minimum absolute atomic E-state index is 0.00768. The quantitative estimate of drug-likeness (QED) is 0.617. The average molecular weight is 281 g/mol. The smallest absolute Gasteiger partial charge is 0.238 e. The third kappa shape index (κ3) is 1.73. The predicted octanol–water partition coefficient (Wildman–Crippen LogP) is 2.95. The van der Waals surface area contributed by atoms with Gasteiger partial charge >= 0.3 is 0 Å². The molecule has 1 aliphatic heterocycles. The lowest BCUT2D eigenvalue weighted by atomic mass is 9.63. The summed E-state index contributed by atoms with van der Waals surface area (Å²) in [5, 5.41) is 0. The fraction of sp³-hybridized carbons (Fsp3) is 0.444. The van der Waals surface area contributed by atoms with Gasteiger partial charge in [-0.25, -0.2) is 0 Å². The molecule has 0 N–H and O–H groups in total. The molecule has 2 amide bonds. The molecule has 3 heteroatoms. The summed E-state index contributed by atoms with van der Waals surface area (Å²) in [7, 11) is 0. The first kappa shape index (κ1) is 12.8. The number of carbonyl (C=O) groups is 2. The van der Waals surface area contributed by atoms with Crippen LogP contribution in [0.3, 0.4) is 0 Å². The Morgan fingerprint density at radius 2 is 1.48 bits per heavy atom. The SMILES string of the molecule is CCc1ccc(N2C(=O)[C@@H]3[C@@H](C2=O)[C@H]2C=C[C@H]3CC2)cc1. The van der Waals surface area contributed by atoms with Gasteiger partial charge in [-0.05, 0) is 48.8 Å². The summed E-state index contributed by atoms with van der Waals surface area (Å²) in [6.45, 7) is 2.10. The summed E-state index contributed by atoms with van der Waals surface area (Å²) in [6.07, 6.45) is 7.36. The summed E-state index contributed by atoms with van der Waals surface area (Å²) in [6, 6.07) is 7.82. The number of fused-ring (bicyclic) bond motifs is 1. The fourth-order valence-electron chi connectivity index (χ4n) is 4.21. The van der Waals surface area contributed by atoms with Gasteiger partial charge in [0.15, 0.2) is 0 Å². The second kappa shape index (κ2) is 4.55. The van der Waals surface area contributed by atoms with Gasteiger partial charge in [-0.1, -0.05) is 31.2 Å². The van der Waals surface area contributed by atoms with Crippen molar-refractivity contribution in [1.82, 2.24) is 0 Å². The number of aryl methyl sites for hydroxylation is 1. The Hall–Kier alpha value is -1.90. The zero-order valence-corrected chi connectivity index (χ0v) is 12.2. The van der Waals surface area contributed by atoms with Crippen LogP contribution >= 0.6 is 0 Å². The maximum absolute atomic E-state index is 12.8. The third-order valence-corrected chi connectivity index (χ3v) is 5.36. The molecule has 2 fully saturated rings. The lowest BCUT2D eigenvalue weighted by Crippen LogP contribution is -2.38. The van der Waals surface area contributed by atoms with Crippen molar-refractivity contribution in [3.8, 4) is 0 Å². The number of hydrogen-bond donors (Lipinski definition) is 0. The van der Waals surface area contributed by atoms with Crippen LogP contribution in [0, 0.1) is 23.7 Å². The van der Waals surface area contributed by atoms with Gasteiger partial charge in [-0.2, -0.15) is 0 Å². The molecule has 1 aromatic rings. The topological polar surface area (TPSA) is 37.4 Å². The first-order valence-corrected chi connectivity index (χ1v) is 7.85. The van der Waals surface area contributed by atoms with Gasteiger partial charge in [0.1, 0.15) is 0 Å². The summed E-state index contributed by atoms with van der Waals surface area (Å²) in [5.74, 6) is 0.300. The van der Waals surface area contributed by atoms with Gasteiger partial charge in [0.2, 0.25) is 11.8 Å². The summed E-state index contributed by atoms with van der Waals surface area (Å²) < 4.78 is 0. The Balaban J connectivity index is 1.71. The normalized spacial score (nSPS) is 33.7. The van der Waals surface area contributed by atoms with Crippen molar-refractivity contribution in [3.63, 3.8) is 0 Å². The Labute approximate surface area is 124 Å². The van der Waals surface area contributed by atoms with Gasteiger partial charge in [-0.15, -0.1) is 0 Å². The van der Waals surface area contributed by atoms with Crippen LogP contribution < -0.4 is 4.90 Å². The van der Waals surface area contributed by atoms with E-state index >= 15 is 0 Å². The van der Waals surface area contributed by atoms with E-state index in [9.17, 15) is 9.59 Å². The van der Waals surface area contributed by atoms with Crippen LogP contribution in [0.15, 0.2) is 36.4 Å². The lowest BCUT2D eigenvalue weighted by molar-refractivity contribution is -0.124. The first-order chi connectivity index (χ1) is 10.2. The second-order valence-electron chi connectivity index (χ2n) is 6.37. The van der Waals surface area contributed by atoms with E-state index in [0.717, 1.165) is 24.9 Å². The first-order valence-electron chi connectivity index (χ1n) is 7.85. The number of amides is 2. The molecule has 21 heavy (non-hydrogen) atoms. The molecule has 2 bridgehead atoms. The van der Waals surface area contributed by atoms with Crippen molar-refractivity contribution in [3.05, 3.63) is 42.0 Å². The number of hydrogen-bond acceptors (Lipinski definition) is 2. The van der Waals surface area contributed by atoms with E-state index < -0.39 is 0 Å². The molecular formula is C18H19NO2. The van der Waals surface area contributed by atoms with Crippen LogP contribution in [-0.2, 0) is 16.0 Å². The van der Waals surface area contributed by atoms with E-state index in [1.54, 1.807) is 0 Å². The Morgan fingerprint density at radius 3 is 1.90 bits per heavy atom. The number of anilines is 1. The van der Waals surface area contributed by atoms with Gasteiger partial charge in [-0.3, -0.25) is 14.5 Å². The van der Waals surface area contributed by atoms with E-state index in [4.69, 9.17) is 0 Å². The third-order valence-electron chi connectivity index (χ3n) is 5.36. The molecule has 4 aliphatic rings. The van der Waals surface area contributed by atoms with Gasteiger partial charge in [0.25, 0.3) is 0 Å². The van der Waals surface area contributed by atoms with E-state index in [1.807, 2.05) is 24.3 Å². The molecule has 108 valence electrons. The molecule has 0 aromatic heterocycles. The fourth-order valence-corrected chi connectivity index (χ4v) is 4.21. The van der Waals surface area contributed by atoms with E-state index in [0.29, 0.717) is 0 Å². The van der Waals surface area contributed by atoms with Crippen molar-refractivity contribution in [2.24, 2.45) is 23.7 Å². The van der Waals surface area contributed by atoms with E-state index in [1.165, 1.54) is 10.5 Å². The molecule has 0 spiro atoms. The molecule has 3 nitrogen and oxygen atoms in total. The van der Waals surface area contributed by atoms with Gasteiger partial charge in [0.05, 0.1) is 17.5 Å². The molecule has 0 unspecified atom stereocenters. The average Bonchev–Trinajstić information content (AvgIpc) is 2.82. The number of imide groups is 1. The minimum Gasteiger partial charge on any atom is -0.274 e. The highest BCUT2D eigenvalue weighted by atomic mass is 16.2. The van der Waals surface area contributed by atoms with E-state index in [2.05, 4.69) is 19.1 Å². The highest BCUT2D eigenvalue weighted by Crippen LogP contribution is 2.50. The van der Waals surface area contributed by atoms with Gasteiger partial charge in [0, 0.05) is 0 Å². The zero-order valence-electron chi connectivity index (χ0n) is 12.2. The van der Waals surface area contributed by atoms with Crippen molar-refractivity contribution in [2.75, 3.05) is 4.90 Å². The maximum Gasteiger partial charge on any atom is 0.238 e. The van der Waals surface area contributed by atoms with Crippen LogP contribution in [0.1, 0.15) is 25.3 Å². The van der Waals surface area contributed by atoms with Crippen molar-refractivity contribution in [1.29, 1.82) is 0 Å². The molecule has 5 rings (SSSR count). The summed E-state index contributed by atoms with van der Waals surface area (Å²) in [5.41, 5.74) is 1.95. The monoisotopic (exact) mass is 281 g/mol. The zero-order chi connectivity index (χ0) is 14.6. The Bertz CT molecular complexity index is 599. The standard InChI is InChI=1S/C18H19NO2/c1-2-11-3-9-14(10-4-11)19-17(20)15-12-5-6-13(8-7-12)16(15)18(19)21/h3-6,9-10,12-13,15-16H,2,7-8H2,1H3/t12-,13-,15-,16-/m0/s1. The van der Waals surface area contributed by atoms with Crippen molar-refractivity contribution < 1.29 is 9.59 Å². The minimum atomic E-state index is -0.118. The molecule has 3 aliphatic carbocycles. The predicted molar refractivity (Wildman–Crippen MR) is 80.6 cm³/mol. The van der Waals surface area contributed by atoms with Crippen LogP contribution in [0.25, 0.3) is 0 Å². The number of carbonyl (C=O) groups excluding carboxylic acids is 2. The number of allylic oxidation sites excluding steroid dienone is 2. The summed E-state index contributed by atoms with van der Waals surface area (Å²) in [4.78, 5) is 27.0. The van der Waals surface area contributed by atoms with Crippen LogP contribution in [0.4, 0.5) is 5.69 Å². The molecule has 1 aromatic carbocycles. The Kier molecular flexibility index (Phi) is 2.78. The van der Waals surface area contributed by atoms with Crippen molar-refractivity contribution >= 4 is 17.5 Å². The highest BCUT2D eigenvalue weighted by Gasteiger charge is 2.56. The second-order valence-corrected chi connectivity index (χ2v) is 6.37. The van der Waals surface area contributed by atoms with Crippen molar-refractivity contribution in [2.45, 2.75) is 26.2 Å². The molecule has 1 heterocycles. The number of nitrogens with zero attached hydrogens (tertiary/aromatic N) is 1.